The molecule has 2 amide bonds. The van der Waals surface area contributed by atoms with Crippen LogP contribution >= 0.6 is 24.0 Å². The molecule has 5 nitrogen and oxygen atoms in total. The lowest BCUT2D eigenvalue weighted by atomic mass is 10.1. The molecule has 2 fully saturated rings. The van der Waals surface area contributed by atoms with E-state index in [0.717, 1.165) is 30.7 Å². The molecule has 0 bridgehead atoms. The first-order valence-corrected chi connectivity index (χ1v) is 9.07. The Labute approximate surface area is 149 Å². The summed E-state index contributed by atoms with van der Waals surface area (Å²) in [6.45, 7) is 1.20. The Bertz CT molecular complexity index is 784. The van der Waals surface area contributed by atoms with E-state index in [1.807, 2.05) is 24.3 Å². The second kappa shape index (κ2) is 5.98. The number of ether oxygens (including phenoxy) is 1. The van der Waals surface area contributed by atoms with Gasteiger partial charge in [0.25, 0.3) is 11.8 Å². The molecule has 0 spiro atoms. The van der Waals surface area contributed by atoms with Gasteiger partial charge in [-0.3, -0.25) is 14.5 Å². The van der Waals surface area contributed by atoms with Gasteiger partial charge in [0.1, 0.15) is 4.32 Å². The third-order valence-electron chi connectivity index (χ3n) is 4.54. The van der Waals surface area contributed by atoms with Crippen LogP contribution in [-0.2, 0) is 14.3 Å². The number of rotatable bonds is 2. The number of nitrogens with zero attached hydrogens (tertiary/aromatic N) is 2. The average molecular weight is 360 g/mol. The maximum atomic E-state index is 12.9. The summed E-state index contributed by atoms with van der Waals surface area (Å²) in [6, 6.07) is 7.51. The molecular weight excluding hydrogens is 344 g/mol. The second-order valence-corrected chi connectivity index (χ2v) is 7.65. The second-order valence-electron chi connectivity index (χ2n) is 6.00. The highest BCUT2D eigenvalue weighted by Crippen LogP contribution is 2.44. The van der Waals surface area contributed by atoms with Gasteiger partial charge < -0.3 is 9.64 Å². The molecule has 4 rings (SSSR count). The van der Waals surface area contributed by atoms with Crippen molar-refractivity contribution < 1.29 is 14.3 Å². The quantitative estimate of drug-likeness (QED) is 0.599. The Morgan fingerprint density at radius 3 is 2.83 bits per heavy atom. The number of likely N-dealkylation sites (N-methyl/N-ethyl adjacent to an activating group) is 1. The Kier molecular flexibility index (Phi) is 3.94. The lowest BCUT2D eigenvalue weighted by molar-refractivity contribution is -0.123. The number of carbonyl (C=O) groups is 2. The number of thioether (sulfide) groups is 1. The summed E-state index contributed by atoms with van der Waals surface area (Å²) >= 11 is 6.60. The van der Waals surface area contributed by atoms with E-state index in [1.165, 1.54) is 11.8 Å². The first-order valence-electron chi connectivity index (χ1n) is 7.85. The SMILES string of the molecule is CN1C(=O)/C(=C2\SC(=S)N(C[C@@H]3CCCO3)C2=O)c2ccccc21. The van der Waals surface area contributed by atoms with Crippen molar-refractivity contribution in [1.82, 2.24) is 4.90 Å². The first kappa shape index (κ1) is 15.8. The molecular formula is C17H16N2O3S2. The van der Waals surface area contributed by atoms with Crippen LogP contribution < -0.4 is 4.90 Å². The fraction of sp³-hybridized carbons (Fsp3) is 0.353. The first-order chi connectivity index (χ1) is 11.6. The molecule has 24 heavy (non-hydrogen) atoms. The maximum absolute atomic E-state index is 12.9. The predicted octanol–water partition coefficient (Wildman–Crippen LogP) is 2.41. The van der Waals surface area contributed by atoms with Crippen molar-refractivity contribution in [3.8, 4) is 0 Å². The van der Waals surface area contributed by atoms with E-state index < -0.39 is 0 Å². The number of amides is 2. The number of hydrogen-bond acceptors (Lipinski definition) is 5. The molecule has 7 heteroatoms. The third-order valence-corrected chi connectivity index (χ3v) is 5.99. The minimum atomic E-state index is -0.186. The van der Waals surface area contributed by atoms with Crippen LogP contribution in [0.15, 0.2) is 29.2 Å². The summed E-state index contributed by atoms with van der Waals surface area (Å²) in [5.74, 6) is -0.345. The van der Waals surface area contributed by atoms with Crippen molar-refractivity contribution in [2.75, 3.05) is 25.1 Å². The Morgan fingerprint density at radius 1 is 1.29 bits per heavy atom. The lowest BCUT2D eigenvalue weighted by Gasteiger charge is -2.18. The largest absolute Gasteiger partial charge is 0.376 e. The van der Waals surface area contributed by atoms with Gasteiger partial charge in [0, 0.05) is 19.2 Å². The standard InChI is InChI=1S/C17H16N2O3S2/c1-18-12-7-3-2-6-11(12)13(15(18)20)14-16(21)19(17(23)24-14)9-10-5-4-8-22-10/h2-3,6-7,10H,4-5,8-9H2,1H3/b14-13-/t10-/m0/s1. The zero-order valence-electron chi connectivity index (χ0n) is 13.2. The molecule has 3 heterocycles. The van der Waals surface area contributed by atoms with E-state index in [1.54, 1.807) is 16.8 Å². The van der Waals surface area contributed by atoms with Gasteiger partial charge in [-0.05, 0) is 18.9 Å². The van der Waals surface area contributed by atoms with Crippen LogP contribution in [0, 0.1) is 0 Å². The Hall–Kier alpha value is -1.70. The number of carbonyl (C=O) groups excluding carboxylic acids is 2. The van der Waals surface area contributed by atoms with Crippen molar-refractivity contribution in [1.29, 1.82) is 0 Å². The highest BCUT2D eigenvalue weighted by molar-refractivity contribution is 8.26. The van der Waals surface area contributed by atoms with Crippen molar-refractivity contribution in [3.63, 3.8) is 0 Å². The molecule has 0 radical (unpaired) electrons. The van der Waals surface area contributed by atoms with Crippen LogP contribution in [0.4, 0.5) is 5.69 Å². The molecule has 0 N–H and O–H groups in total. The number of hydrogen-bond donors (Lipinski definition) is 0. The molecule has 1 aromatic carbocycles. The smallest absolute Gasteiger partial charge is 0.267 e. The summed E-state index contributed by atoms with van der Waals surface area (Å²) < 4.78 is 6.11. The summed E-state index contributed by atoms with van der Waals surface area (Å²) in [5, 5.41) is 0. The van der Waals surface area contributed by atoms with Crippen LogP contribution in [0.25, 0.3) is 5.57 Å². The molecule has 0 saturated carbocycles. The van der Waals surface area contributed by atoms with Gasteiger partial charge in [-0.25, -0.2) is 0 Å². The molecule has 1 aromatic rings. The highest BCUT2D eigenvalue weighted by atomic mass is 32.2. The Morgan fingerprint density at radius 2 is 2.08 bits per heavy atom. The van der Waals surface area contributed by atoms with Gasteiger partial charge in [-0.1, -0.05) is 42.2 Å². The number of thiocarbonyl (C=S) groups is 1. The number of anilines is 1. The minimum Gasteiger partial charge on any atom is -0.376 e. The highest BCUT2D eigenvalue weighted by Gasteiger charge is 2.41. The van der Waals surface area contributed by atoms with Crippen LogP contribution in [-0.4, -0.2) is 47.3 Å². The molecule has 3 aliphatic rings. The van der Waals surface area contributed by atoms with Crippen LogP contribution in [0.2, 0.25) is 0 Å². The topological polar surface area (TPSA) is 49.9 Å². The minimum absolute atomic E-state index is 0.0334. The van der Waals surface area contributed by atoms with Crippen molar-refractivity contribution >= 4 is 51.4 Å². The third kappa shape index (κ3) is 2.39. The van der Waals surface area contributed by atoms with Gasteiger partial charge in [-0.2, -0.15) is 0 Å². The van der Waals surface area contributed by atoms with E-state index in [4.69, 9.17) is 17.0 Å². The average Bonchev–Trinajstić information content (AvgIpc) is 3.25. The monoisotopic (exact) mass is 360 g/mol. The van der Waals surface area contributed by atoms with E-state index in [9.17, 15) is 9.59 Å². The number of benzene rings is 1. The molecule has 3 aliphatic heterocycles. The fourth-order valence-electron chi connectivity index (χ4n) is 3.29. The molecule has 0 aliphatic carbocycles. The van der Waals surface area contributed by atoms with Gasteiger partial charge in [-0.15, -0.1) is 0 Å². The molecule has 0 unspecified atom stereocenters. The van der Waals surface area contributed by atoms with Gasteiger partial charge >= 0.3 is 0 Å². The van der Waals surface area contributed by atoms with Crippen molar-refractivity contribution in [2.24, 2.45) is 0 Å². The van der Waals surface area contributed by atoms with Crippen molar-refractivity contribution in [3.05, 3.63) is 34.7 Å². The van der Waals surface area contributed by atoms with E-state index in [2.05, 4.69) is 0 Å². The van der Waals surface area contributed by atoms with Crippen LogP contribution in [0.1, 0.15) is 18.4 Å². The molecule has 1 atom stereocenters. The van der Waals surface area contributed by atoms with Gasteiger partial charge in [0.2, 0.25) is 0 Å². The predicted molar refractivity (Wildman–Crippen MR) is 97.6 cm³/mol. The molecule has 124 valence electrons. The van der Waals surface area contributed by atoms with Crippen LogP contribution in [0.3, 0.4) is 0 Å². The molecule has 2 saturated heterocycles. The summed E-state index contributed by atoms with van der Waals surface area (Å²) in [5.41, 5.74) is 2.07. The van der Waals surface area contributed by atoms with E-state index in [0.29, 0.717) is 21.3 Å². The van der Waals surface area contributed by atoms with Crippen molar-refractivity contribution in [2.45, 2.75) is 18.9 Å². The number of para-hydroxylation sites is 1. The van der Waals surface area contributed by atoms with Gasteiger partial charge in [0.05, 0.1) is 28.8 Å². The maximum Gasteiger partial charge on any atom is 0.267 e. The van der Waals surface area contributed by atoms with E-state index >= 15 is 0 Å². The number of fused-ring (bicyclic) bond motifs is 1. The molecule has 0 aromatic heterocycles. The zero-order chi connectivity index (χ0) is 16.8. The normalized spacial score (nSPS) is 26.7. The Balaban J connectivity index is 1.71. The fourth-order valence-corrected chi connectivity index (χ4v) is 4.63. The van der Waals surface area contributed by atoms with Gasteiger partial charge in [0.15, 0.2) is 0 Å². The summed E-state index contributed by atoms with van der Waals surface area (Å²) in [7, 11) is 1.72. The lowest BCUT2D eigenvalue weighted by Crippen LogP contribution is -2.35. The zero-order valence-corrected chi connectivity index (χ0v) is 14.8. The summed E-state index contributed by atoms with van der Waals surface area (Å²) in [4.78, 5) is 29.1. The van der Waals surface area contributed by atoms with E-state index in [-0.39, 0.29) is 17.9 Å². The summed E-state index contributed by atoms with van der Waals surface area (Å²) in [6.07, 6.45) is 1.98. The van der Waals surface area contributed by atoms with Crippen LogP contribution in [0.5, 0.6) is 0 Å².